The fraction of sp³-hybridized carbons (Fsp3) is 0.214. The van der Waals surface area contributed by atoms with Gasteiger partial charge in [-0.1, -0.05) is 41.6 Å². The fourth-order valence-corrected chi connectivity index (χ4v) is 3.20. The maximum absolute atomic E-state index is 10.7. The monoisotopic (exact) mass is 322 g/mol. The molecular formula is C14H11ClN2O3S. The molecule has 0 N–H and O–H groups in total. The Bertz CT molecular complexity index is 677. The number of rotatable bonds is 5. The van der Waals surface area contributed by atoms with Crippen LogP contribution in [0.4, 0.5) is 5.69 Å². The number of thioether (sulfide) groups is 1. The van der Waals surface area contributed by atoms with Gasteiger partial charge in [-0.3, -0.25) is 10.1 Å². The SMILES string of the molecule is O=[N+]([O-])c1ccc(OC2(Sc3ccccc3)CC2)nc1Cl. The lowest BCUT2D eigenvalue weighted by Gasteiger charge is -2.16. The van der Waals surface area contributed by atoms with Crippen molar-refractivity contribution >= 4 is 29.1 Å². The molecule has 1 heterocycles. The van der Waals surface area contributed by atoms with Gasteiger partial charge >= 0.3 is 5.69 Å². The number of hydrogen-bond donors (Lipinski definition) is 0. The van der Waals surface area contributed by atoms with E-state index in [9.17, 15) is 10.1 Å². The first kappa shape index (κ1) is 14.2. The summed E-state index contributed by atoms with van der Waals surface area (Å²) < 4.78 is 5.88. The van der Waals surface area contributed by atoms with Crippen LogP contribution in [0.25, 0.3) is 0 Å². The molecule has 3 rings (SSSR count). The lowest BCUT2D eigenvalue weighted by atomic mass is 10.4. The third kappa shape index (κ3) is 3.28. The molecule has 1 aliphatic rings. The van der Waals surface area contributed by atoms with E-state index in [-0.39, 0.29) is 15.8 Å². The Balaban J connectivity index is 1.74. The highest BCUT2D eigenvalue weighted by Crippen LogP contribution is 2.52. The number of ether oxygens (including phenoxy) is 1. The quantitative estimate of drug-likeness (QED) is 0.355. The van der Waals surface area contributed by atoms with Gasteiger partial charge in [0.1, 0.15) is 0 Å². The molecule has 1 fully saturated rings. The maximum atomic E-state index is 10.7. The van der Waals surface area contributed by atoms with Gasteiger partial charge in [-0.25, -0.2) is 0 Å². The zero-order chi connectivity index (χ0) is 14.9. The summed E-state index contributed by atoms with van der Waals surface area (Å²) in [6.45, 7) is 0. The Morgan fingerprint density at radius 2 is 1.95 bits per heavy atom. The second-order valence-electron chi connectivity index (χ2n) is 4.64. The third-order valence-electron chi connectivity index (χ3n) is 3.00. The van der Waals surface area contributed by atoms with Gasteiger partial charge in [-0.15, -0.1) is 0 Å². The van der Waals surface area contributed by atoms with Gasteiger partial charge in [0.2, 0.25) is 11.0 Å². The van der Waals surface area contributed by atoms with Crippen LogP contribution in [0, 0.1) is 10.1 Å². The van der Waals surface area contributed by atoms with Crippen LogP contribution in [0.3, 0.4) is 0 Å². The fourth-order valence-electron chi connectivity index (χ4n) is 1.82. The summed E-state index contributed by atoms with van der Waals surface area (Å²) in [6, 6.07) is 12.7. The van der Waals surface area contributed by atoms with Crippen molar-refractivity contribution in [3.8, 4) is 5.88 Å². The van der Waals surface area contributed by atoms with Gasteiger partial charge in [-0.05, 0) is 12.1 Å². The van der Waals surface area contributed by atoms with Crippen molar-refractivity contribution in [1.82, 2.24) is 4.98 Å². The molecule has 0 radical (unpaired) electrons. The largest absolute Gasteiger partial charge is 0.460 e. The molecule has 0 spiro atoms. The summed E-state index contributed by atoms with van der Waals surface area (Å²) >= 11 is 7.42. The molecule has 7 heteroatoms. The van der Waals surface area contributed by atoms with E-state index in [1.807, 2.05) is 30.3 Å². The molecule has 0 aliphatic heterocycles. The van der Waals surface area contributed by atoms with Crippen LogP contribution in [0.15, 0.2) is 47.4 Å². The molecule has 1 aliphatic carbocycles. The number of nitro groups is 1. The number of pyridine rings is 1. The maximum Gasteiger partial charge on any atom is 0.306 e. The lowest BCUT2D eigenvalue weighted by Crippen LogP contribution is -2.13. The third-order valence-corrected chi connectivity index (χ3v) is 4.65. The lowest BCUT2D eigenvalue weighted by molar-refractivity contribution is -0.385. The molecular weight excluding hydrogens is 312 g/mol. The second-order valence-corrected chi connectivity index (χ2v) is 6.42. The number of aromatic nitrogens is 1. The van der Waals surface area contributed by atoms with Gasteiger partial charge in [0.05, 0.1) is 4.92 Å². The van der Waals surface area contributed by atoms with E-state index >= 15 is 0 Å². The van der Waals surface area contributed by atoms with Crippen LogP contribution in [0.5, 0.6) is 5.88 Å². The van der Waals surface area contributed by atoms with Gasteiger partial charge in [-0.2, -0.15) is 4.98 Å². The zero-order valence-electron chi connectivity index (χ0n) is 10.9. The van der Waals surface area contributed by atoms with Crippen LogP contribution in [-0.4, -0.2) is 14.8 Å². The first-order valence-electron chi connectivity index (χ1n) is 6.32. The normalized spacial score (nSPS) is 15.5. The van der Waals surface area contributed by atoms with E-state index in [0.717, 1.165) is 17.7 Å². The van der Waals surface area contributed by atoms with Crippen LogP contribution in [0.2, 0.25) is 5.15 Å². The second kappa shape index (κ2) is 5.54. The van der Waals surface area contributed by atoms with Crippen LogP contribution >= 0.6 is 23.4 Å². The number of halogens is 1. The van der Waals surface area contributed by atoms with E-state index < -0.39 is 4.92 Å². The highest BCUT2D eigenvalue weighted by molar-refractivity contribution is 8.00. The van der Waals surface area contributed by atoms with Crippen LogP contribution < -0.4 is 4.74 Å². The van der Waals surface area contributed by atoms with Crippen molar-refractivity contribution in [2.45, 2.75) is 22.7 Å². The van der Waals surface area contributed by atoms with Crippen molar-refractivity contribution in [1.29, 1.82) is 0 Å². The van der Waals surface area contributed by atoms with Crippen molar-refractivity contribution in [3.05, 3.63) is 57.7 Å². The predicted octanol–water partition coefficient (Wildman–Crippen LogP) is 4.30. The standard InChI is InChI=1S/C14H11ClN2O3S/c15-13-11(17(18)19)6-7-12(16-13)20-14(8-9-14)21-10-4-2-1-3-5-10/h1-7H,8-9H2. The molecule has 0 atom stereocenters. The summed E-state index contributed by atoms with van der Waals surface area (Å²) in [5, 5.41) is 10.6. The Hall–Kier alpha value is -1.79. The minimum atomic E-state index is -0.565. The van der Waals surface area contributed by atoms with Gasteiger partial charge in [0.15, 0.2) is 4.93 Å². The number of hydrogen-bond acceptors (Lipinski definition) is 5. The minimum absolute atomic E-state index is 0.155. The van der Waals surface area contributed by atoms with E-state index in [1.165, 1.54) is 12.1 Å². The van der Waals surface area contributed by atoms with E-state index in [0.29, 0.717) is 5.88 Å². The Morgan fingerprint density at radius 3 is 2.52 bits per heavy atom. The molecule has 1 aromatic carbocycles. The van der Waals surface area contributed by atoms with E-state index in [4.69, 9.17) is 16.3 Å². The summed E-state index contributed by atoms with van der Waals surface area (Å²) in [4.78, 5) is 14.9. The molecule has 0 bridgehead atoms. The average Bonchev–Trinajstić information content (AvgIpc) is 3.18. The van der Waals surface area contributed by atoms with Crippen LogP contribution in [-0.2, 0) is 0 Å². The first-order valence-corrected chi connectivity index (χ1v) is 7.51. The number of nitrogens with zero attached hydrogens (tertiary/aromatic N) is 2. The predicted molar refractivity (Wildman–Crippen MR) is 80.8 cm³/mol. The van der Waals surface area contributed by atoms with Crippen molar-refractivity contribution in [3.63, 3.8) is 0 Å². The summed E-state index contributed by atoms with van der Waals surface area (Å²) in [5.74, 6) is 0.312. The van der Waals surface area contributed by atoms with E-state index in [2.05, 4.69) is 4.98 Å². The van der Waals surface area contributed by atoms with Crippen molar-refractivity contribution in [2.24, 2.45) is 0 Å². The topological polar surface area (TPSA) is 65.3 Å². The Morgan fingerprint density at radius 1 is 1.24 bits per heavy atom. The number of benzene rings is 1. The van der Waals surface area contributed by atoms with E-state index in [1.54, 1.807) is 11.8 Å². The van der Waals surface area contributed by atoms with Gasteiger partial charge < -0.3 is 4.74 Å². The molecule has 108 valence electrons. The molecule has 21 heavy (non-hydrogen) atoms. The first-order chi connectivity index (χ1) is 10.1. The molecule has 1 saturated carbocycles. The Kier molecular flexibility index (Phi) is 3.73. The molecule has 2 aromatic rings. The highest BCUT2D eigenvalue weighted by Gasteiger charge is 2.47. The van der Waals surface area contributed by atoms with Gasteiger partial charge in [0.25, 0.3) is 0 Å². The van der Waals surface area contributed by atoms with Crippen molar-refractivity contribution in [2.75, 3.05) is 0 Å². The van der Waals surface area contributed by atoms with Crippen molar-refractivity contribution < 1.29 is 9.66 Å². The minimum Gasteiger partial charge on any atom is -0.460 e. The summed E-state index contributed by atoms with van der Waals surface area (Å²) in [5.41, 5.74) is -0.218. The van der Waals surface area contributed by atoms with Crippen LogP contribution in [0.1, 0.15) is 12.8 Å². The molecule has 0 unspecified atom stereocenters. The summed E-state index contributed by atoms with van der Waals surface area (Å²) in [6.07, 6.45) is 1.81. The molecule has 0 saturated heterocycles. The highest BCUT2D eigenvalue weighted by atomic mass is 35.5. The summed E-state index contributed by atoms with van der Waals surface area (Å²) in [7, 11) is 0. The molecule has 5 nitrogen and oxygen atoms in total. The molecule has 0 amide bonds. The zero-order valence-corrected chi connectivity index (χ0v) is 12.4. The molecule has 1 aromatic heterocycles. The van der Waals surface area contributed by atoms with Gasteiger partial charge in [0, 0.05) is 29.9 Å². The smallest absolute Gasteiger partial charge is 0.306 e. The Labute approximate surface area is 130 Å². The average molecular weight is 323 g/mol.